The normalized spacial score (nSPS) is 27.2. The van der Waals surface area contributed by atoms with E-state index < -0.39 is 12.1 Å². The number of oxazole rings is 1. The zero-order valence-electron chi connectivity index (χ0n) is 25.3. The summed E-state index contributed by atoms with van der Waals surface area (Å²) < 4.78 is 33.5. The van der Waals surface area contributed by atoms with Gasteiger partial charge in [-0.3, -0.25) is 4.79 Å². The van der Waals surface area contributed by atoms with Crippen LogP contribution in [0.1, 0.15) is 83.2 Å². The maximum atomic E-state index is 12.8. The molecule has 1 aromatic heterocycles. The lowest BCUT2D eigenvalue weighted by atomic mass is 9.89. The Bertz CT molecular complexity index is 1050. The zero-order chi connectivity index (χ0) is 30.3. The molecule has 2 bridgehead atoms. The highest BCUT2D eigenvalue weighted by atomic mass is 16.6. The molecule has 0 saturated carbocycles. The van der Waals surface area contributed by atoms with Crippen molar-refractivity contribution < 1.29 is 42.5 Å². The van der Waals surface area contributed by atoms with E-state index in [1.54, 1.807) is 31.6 Å². The number of rotatable bonds is 11. The van der Waals surface area contributed by atoms with E-state index in [9.17, 15) is 14.4 Å². The second kappa shape index (κ2) is 17.7. The number of carbonyl (C=O) groups is 3. The molecule has 3 heterocycles. The first-order valence-corrected chi connectivity index (χ1v) is 15.0. The fourth-order valence-corrected chi connectivity index (χ4v) is 5.49. The van der Waals surface area contributed by atoms with Gasteiger partial charge in [-0.15, -0.1) is 0 Å². The molecule has 3 rings (SSSR count). The largest absolute Gasteiger partial charge is 0.462 e. The monoisotopic (exact) mass is 590 g/mol. The van der Waals surface area contributed by atoms with Gasteiger partial charge in [0.1, 0.15) is 18.5 Å². The van der Waals surface area contributed by atoms with Gasteiger partial charge in [-0.05, 0) is 44.1 Å². The van der Waals surface area contributed by atoms with Crippen molar-refractivity contribution in [3.8, 4) is 0 Å². The molecule has 2 fully saturated rings. The van der Waals surface area contributed by atoms with Crippen LogP contribution in [0.5, 0.6) is 0 Å². The lowest BCUT2D eigenvalue weighted by Gasteiger charge is -2.37. The molecule has 42 heavy (non-hydrogen) atoms. The Morgan fingerprint density at radius 3 is 2.67 bits per heavy atom. The van der Waals surface area contributed by atoms with Gasteiger partial charge >= 0.3 is 18.0 Å². The Kier molecular flexibility index (Phi) is 14.0. The average molecular weight is 591 g/mol. The van der Waals surface area contributed by atoms with E-state index in [0.717, 1.165) is 31.4 Å². The molecule has 11 nitrogen and oxygen atoms in total. The minimum atomic E-state index is -0.513. The quantitative estimate of drug-likeness (QED) is 0.215. The summed E-state index contributed by atoms with van der Waals surface area (Å²) in [5.74, 6) is 0.0697. The van der Waals surface area contributed by atoms with Gasteiger partial charge in [-0.25, -0.2) is 14.6 Å². The van der Waals surface area contributed by atoms with Gasteiger partial charge in [-0.1, -0.05) is 32.4 Å². The predicted molar refractivity (Wildman–Crippen MR) is 154 cm³/mol. The number of aryl methyl sites for hydroxylation is 1. The zero-order valence-corrected chi connectivity index (χ0v) is 25.3. The first-order valence-electron chi connectivity index (χ1n) is 15.0. The van der Waals surface area contributed by atoms with E-state index in [1.165, 1.54) is 13.2 Å². The smallest absolute Gasteiger partial charge is 0.407 e. The number of nitrogens with zero attached hydrogens (tertiary/aromatic N) is 1. The highest BCUT2D eigenvalue weighted by molar-refractivity contribution is 5.82. The lowest BCUT2D eigenvalue weighted by molar-refractivity contribution is -0.168. The Hall–Kier alpha value is -3.18. The molecule has 0 spiro atoms. The molecule has 0 aliphatic carbocycles. The summed E-state index contributed by atoms with van der Waals surface area (Å²) in [4.78, 5) is 40.8. The Morgan fingerprint density at radius 1 is 1.10 bits per heavy atom. The van der Waals surface area contributed by atoms with Crippen molar-refractivity contribution in [3.63, 3.8) is 0 Å². The average Bonchev–Trinajstić information content (AvgIpc) is 3.39. The van der Waals surface area contributed by atoms with Gasteiger partial charge in [0.05, 0.1) is 37.5 Å². The molecule has 6 unspecified atom stereocenters. The van der Waals surface area contributed by atoms with E-state index in [4.69, 9.17) is 23.4 Å². The van der Waals surface area contributed by atoms with Crippen LogP contribution in [0.25, 0.3) is 6.08 Å². The third-order valence-electron chi connectivity index (χ3n) is 7.41. The van der Waals surface area contributed by atoms with Crippen LogP contribution in [0.2, 0.25) is 0 Å². The second-order valence-electron chi connectivity index (χ2n) is 11.1. The molecule has 0 aromatic carbocycles. The highest BCUT2D eigenvalue weighted by Crippen LogP contribution is 2.31. The number of hydrogen-bond donors (Lipinski definition) is 1. The highest BCUT2D eigenvalue weighted by Gasteiger charge is 2.35. The number of alkyl carbamates (subject to hydrolysis) is 1. The summed E-state index contributed by atoms with van der Waals surface area (Å²) in [6.07, 6.45) is 13.1. The number of cyclic esters (lactones) is 1. The fraction of sp³-hybridized carbons (Fsp3) is 0.677. The molecule has 1 amide bonds. The summed E-state index contributed by atoms with van der Waals surface area (Å²) in [5, 5.41) is 2.53. The summed E-state index contributed by atoms with van der Waals surface area (Å²) in [5.41, 5.74) is 0.745. The minimum Gasteiger partial charge on any atom is -0.462 e. The van der Waals surface area contributed by atoms with E-state index in [1.807, 2.05) is 0 Å². The maximum absolute atomic E-state index is 12.8. The molecule has 1 N–H and O–H groups in total. The number of fused-ring (bicyclic) bond motifs is 2. The predicted octanol–water partition coefficient (Wildman–Crippen LogP) is 4.93. The van der Waals surface area contributed by atoms with Gasteiger partial charge in [-0.2, -0.15) is 0 Å². The Labute approximate surface area is 248 Å². The Balaban J connectivity index is 1.49. The van der Waals surface area contributed by atoms with Gasteiger partial charge in [0, 0.05) is 39.0 Å². The van der Waals surface area contributed by atoms with E-state index in [2.05, 4.69) is 28.9 Å². The molecule has 234 valence electrons. The number of carbonyl (C=O) groups excluding carboxylic acids is 3. The molecular formula is C31H46N2O9. The van der Waals surface area contributed by atoms with E-state index >= 15 is 0 Å². The number of amides is 1. The van der Waals surface area contributed by atoms with Crippen LogP contribution in [-0.2, 0) is 39.7 Å². The molecule has 0 radical (unpaired) electrons. The maximum Gasteiger partial charge on any atom is 0.407 e. The van der Waals surface area contributed by atoms with Crippen molar-refractivity contribution in [2.45, 2.75) is 109 Å². The van der Waals surface area contributed by atoms with Crippen molar-refractivity contribution in [2.24, 2.45) is 5.92 Å². The van der Waals surface area contributed by atoms with E-state index in [-0.39, 0.29) is 42.9 Å². The van der Waals surface area contributed by atoms with Crippen molar-refractivity contribution in [2.75, 3.05) is 20.8 Å². The third kappa shape index (κ3) is 12.0. The third-order valence-corrected chi connectivity index (χ3v) is 7.41. The molecule has 2 saturated heterocycles. The topological polar surface area (TPSA) is 135 Å². The minimum absolute atomic E-state index is 0.0116. The van der Waals surface area contributed by atoms with Crippen LogP contribution in [-0.4, -0.2) is 74.3 Å². The first-order chi connectivity index (χ1) is 20.3. The van der Waals surface area contributed by atoms with Crippen molar-refractivity contribution in [1.82, 2.24) is 10.3 Å². The number of aromatic nitrogens is 1. The van der Waals surface area contributed by atoms with E-state index in [0.29, 0.717) is 50.5 Å². The summed E-state index contributed by atoms with van der Waals surface area (Å²) in [6, 6.07) is 0. The number of allylic oxidation sites excluding steroid dienone is 1. The Morgan fingerprint density at radius 2 is 1.90 bits per heavy atom. The second-order valence-corrected chi connectivity index (χ2v) is 11.1. The summed E-state index contributed by atoms with van der Waals surface area (Å²) in [7, 11) is 3.01. The van der Waals surface area contributed by atoms with Gasteiger partial charge in [0.25, 0.3) is 0 Å². The summed E-state index contributed by atoms with van der Waals surface area (Å²) in [6.45, 7) is 4.56. The summed E-state index contributed by atoms with van der Waals surface area (Å²) >= 11 is 0. The molecule has 1 aromatic rings. The number of esters is 2. The van der Waals surface area contributed by atoms with Crippen LogP contribution in [0, 0.1) is 5.92 Å². The van der Waals surface area contributed by atoms with Crippen molar-refractivity contribution in [3.05, 3.63) is 36.1 Å². The standard InChI is InChI=1S/C31H46N2O9/c1-5-9-23-16-24(37-3)14-21(2)15-25-17-26(18-27(40-25)19-30(35)41-23)42-29(34)12-7-6-10-22-20-39-28(33-22)11-8-13-32-31(36)38-4/h7-8,11-12,20-21,23-27H,5-6,9-10,13-19H2,1-4H3,(H,32,36)/b11-8-,12-7-. The number of hydrogen-bond acceptors (Lipinski definition) is 10. The van der Waals surface area contributed by atoms with Gasteiger partial charge in [0.15, 0.2) is 0 Å². The first kappa shape index (κ1) is 33.3. The molecule has 2 aliphatic rings. The van der Waals surface area contributed by atoms with Crippen LogP contribution < -0.4 is 5.32 Å². The number of nitrogens with one attached hydrogen (secondary N) is 1. The van der Waals surface area contributed by atoms with Crippen LogP contribution in [0.4, 0.5) is 4.79 Å². The molecule has 11 heteroatoms. The van der Waals surface area contributed by atoms with Crippen molar-refractivity contribution in [1.29, 1.82) is 0 Å². The molecular weight excluding hydrogens is 544 g/mol. The van der Waals surface area contributed by atoms with Crippen LogP contribution in [0.3, 0.4) is 0 Å². The van der Waals surface area contributed by atoms with Gasteiger partial charge in [0.2, 0.25) is 5.89 Å². The molecule has 6 atom stereocenters. The SMILES string of the molecule is CCCC1CC(OC)CC(C)CC2CC(OC(=O)/C=C\CCc3coc(/C=C\CNC(=O)OC)n3)CC(CC(=O)O1)O2. The number of methoxy groups -OCH3 is 2. The van der Waals surface area contributed by atoms with Crippen LogP contribution >= 0.6 is 0 Å². The van der Waals surface area contributed by atoms with Crippen LogP contribution in [0.15, 0.2) is 28.9 Å². The molecule has 2 aliphatic heterocycles. The van der Waals surface area contributed by atoms with Gasteiger partial charge < -0.3 is 33.4 Å². The number of ether oxygens (including phenoxy) is 5. The van der Waals surface area contributed by atoms with Crippen molar-refractivity contribution >= 4 is 24.1 Å². The lowest BCUT2D eigenvalue weighted by Crippen LogP contribution is -2.41. The fourth-order valence-electron chi connectivity index (χ4n) is 5.49.